The van der Waals surface area contributed by atoms with Gasteiger partial charge < -0.3 is 9.64 Å². The van der Waals surface area contributed by atoms with Crippen LogP contribution in [0.1, 0.15) is 0 Å². The monoisotopic (exact) mass is 313 g/mol. The Labute approximate surface area is 134 Å². The summed E-state index contributed by atoms with van der Waals surface area (Å²) in [5, 5.41) is 0.705. The zero-order valence-corrected chi connectivity index (χ0v) is 13.0. The number of nitrogens with zero attached hydrogens (tertiary/aromatic N) is 3. The maximum Gasteiger partial charge on any atom is 0.147 e. The summed E-state index contributed by atoms with van der Waals surface area (Å²) in [5.41, 5.74) is 1.79. The molecule has 22 heavy (non-hydrogen) atoms. The van der Waals surface area contributed by atoms with E-state index in [0.717, 1.165) is 29.1 Å². The highest BCUT2D eigenvalue weighted by Crippen LogP contribution is 2.16. The van der Waals surface area contributed by atoms with Crippen LogP contribution in [-0.4, -0.2) is 30.2 Å². The van der Waals surface area contributed by atoms with Crippen LogP contribution >= 0.6 is 11.6 Å². The lowest BCUT2D eigenvalue weighted by atomic mass is 10.3. The maximum atomic E-state index is 5.84. The number of aromatic nitrogens is 2. The number of rotatable bonds is 5. The Morgan fingerprint density at radius 1 is 1.05 bits per heavy atom. The summed E-state index contributed by atoms with van der Waals surface area (Å²) in [6.07, 6.45) is 1.78. The Kier molecular flexibility index (Phi) is 4.39. The molecule has 0 saturated carbocycles. The quantitative estimate of drug-likeness (QED) is 0.718. The Bertz CT molecular complexity index is 761. The van der Waals surface area contributed by atoms with Crippen LogP contribution in [0.25, 0.3) is 11.0 Å². The zero-order chi connectivity index (χ0) is 15.4. The maximum absolute atomic E-state index is 5.84. The number of benzene rings is 2. The molecular weight excluding hydrogens is 298 g/mol. The number of ether oxygens (including phenoxy) is 1. The third kappa shape index (κ3) is 3.46. The molecule has 0 unspecified atom stereocenters. The number of hydrogen-bond acceptors (Lipinski definition) is 4. The van der Waals surface area contributed by atoms with Gasteiger partial charge in [0.1, 0.15) is 18.2 Å². The molecule has 1 heterocycles. The van der Waals surface area contributed by atoms with Gasteiger partial charge in [0.05, 0.1) is 23.8 Å². The minimum absolute atomic E-state index is 0.562. The summed E-state index contributed by atoms with van der Waals surface area (Å²) in [6, 6.07) is 15.2. The van der Waals surface area contributed by atoms with Crippen LogP contribution in [0.4, 0.5) is 5.82 Å². The van der Waals surface area contributed by atoms with Crippen LogP contribution in [0.3, 0.4) is 0 Å². The molecule has 3 aromatic rings. The second kappa shape index (κ2) is 6.62. The van der Waals surface area contributed by atoms with Gasteiger partial charge in [-0.15, -0.1) is 0 Å². The fourth-order valence-corrected chi connectivity index (χ4v) is 2.20. The first kappa shape index (κ1) is 14.6. The molecule has 0 N–H and O–H groups in total. The van der Waals surface area contributed by atoms with E-state index in [4.69, 9.17) is 16.3 Å². The van der Waals surface area contributed by atoms with E-state index in [0.29, 0.717) is 11.6 Å². The molecule has 4 nitrogen and oxygen atoms in total. The van der Waals surface area contributed by atoms with E-state index in [1.54, 1.807) is 6.20 Å². The SMILES string of the molecule is CN(CCOc1ccc(Cl)cc1)c1cnc2ccccc2n1. The normalized spacial score (nSPS) is 10.6. The van der Waals surface area contributed by atoms with Gasteiger partial charge in [-0.3, -0.25) is 4.98 Å². The molecule has 0 aliphatic heterocycles. The van der Waals surface area contributed by atoms with Crippen LogP contribution in [0.2, 0.25) is 5.02 Å². The smallest absolute Gasteiger partial charge is 0.147 e. The largest absolute Gasteiger partial charge is 0.492 e. The number of hydrogen-bond donors (Lipinski definition) is 0. The van der Waals surface area contributed by atoms with Crippen LogP contribution in [0.15, 0.2) is 54.7 Å². The van der Waals surface area contributed by atoms with Gasteiger partial charge >= 0.3 is 0 Å². The highest BCUT2D eigenvalue weighted by atomic mass is 35.5. The third-order valence-corrected chi connectivity index (χ3v) is 3.59. The summed E-state index contributed by atoms with van der Waals surface area (Å²) in [6.45, 7) is 1.28. The van der Waals surface area contributed by atoms with Crippen molar-refractivity contribution in [2.24, 2.45) is 0 Å². The molecule has 0 saturated heterocycles. The van der Waals surface area contributed by atoms with Crippen molar-refractivity contribution in [2.75, 3.05) is 25.1 Å². The van der Waals surface area contributed by atoms with Crippen molar-refractivity contribution < 1.29 is 4.74 Å². The van der Waals surface area contributed by atoms with Crippen LogP contribution in [0, 0.1) is 0 Å². The summed E-state index contributed by atoms with van der Waals surface area (Å²) < 4.78 is 5.69. The van der Waals surface area contributed by atoms with Crippen molar-refractivity contribution >= 4 is 28.5 Å². The lowest BCUT2D eigenvalue weighted by molar-refractivity contribution is 0.325. The first-order valence-electron chi connectivity index (χ1n) is 7.04. The van der Waals surface area contributed by atoms with Gasteiger partial charge in [0.15, 0.2) is 0 Å². The lowest BCUT2D eigenvalue weighted by Crippen LogP contribution is -2.24. The molecular formula is C17H16ClN3O. The first-order valence-corrected chi connectivity index (χ1v) is 7.41. The fraction of sp³-hybridized carbons (Fsp3) is 0.176. The molecule has 3 rings (SSSR count). The second-order valence-electron chi connectivity index (χ2n) is 4.94. The van der Waals surface area contributed by atoms with Crippen LogP contribution in [-0.2, 0) is 0 Å². The topological polar surface area (TPSA) is 38.2 Å². The Balaban J connectivity index is 1.60. The van der Waals surface area contributed by atoms with Gasteiger partial charge in [-0.1, -0.05) is 23.7 Å². The minimum atomic E-state index is 0.562. The van der Waals surface area contributed by atoms with Gasteiger partial charge in [-0.2, -0.15) is 0 Å². The molecule has 0 amide bonds. The van der Waals surface area contributed by atoms with Gasteiger partial charge in [0, 0.05) is 12.1 Å². The van der Waals surface area contributed by atoms with Crippen molar-refractivity contribution in [1.29, 1.82) is 0 Å². The summed E-state index contributed by atoms with van der Waals surface area (Å²) >= 11 is 5.84. The number of para-hydroxylation sites is 2. The average molecular weight is 314 g/mol. The summed E-state index contributed by atoms with van der Waals surface area (Å²) in [4.78, 5) is 11.0. The molecule has 2 aromatic carbocycles. The van der Waals surface area contributed by atoms with Crippen molar-refractivity contribution in [3.63, 3.8) is 0 Å². The lowest BCUT2D eigenvalue weighted by Gasteiger charge is -2.18. The van der Waals surface area contributed by atoms with Crippen molar-refractivity contribution in [2.45, 2.75) is 0 Å². The van der Waals surface area contributed by atoms with Crippen LogP contribution in [0.5, 0.6) is 5.75 Å². The average Bonchev–Trinajstić information content (AvgIpc) is 2.56. The molecule has 0 bridgehead atoms. The molecule has 0 spiro atoms. The number of anilines is 1. The van der Waals surface area contributed by atoms with Gasteiger partial charge in [-0.05, 0) is 36.4 Å². The zero-order valence-electron chi connectivity index (χ0n) is 12.2. The summed E-state index contributed by atoms with van der Waals surface area (Å²) in [7, 11) is 1.98. The molecule has 5 heteroatoms. The molecule has 112 valence electrons. The molecule has 0 atom stereocenters. The Morgan fingerprint density at radius 3 is 2.55 bits per heavy atom. The number of fused-ring (bicyclic) bond motifs is 1. The van der Waals surface area contributed by atoms with E-state index < -0.39 is 0 Å². The number of halogens is 1. The van der Waals surface area contributed by atoms with Crippen molar-refractivity contribution in [3.8, 4) is 5.75 Å². The molecule has 0 aliphatic rings. The van der Waals surface area contributed by atoms with E-state index in [1.165, 1.54) is 0 Å². The van der Waals surface area contributed by atoms with Crippen molar-refractivity contribution in [1.82, 2.24) is 9.97 Å². The Hall–Kier alpha value is -2.33. The van der Waals surface area contributed by atoms with Gasteiger partial charge in [-0.25, -0.2) is 4.98 Å². The fourth-order valence-electron chi connectivity index (χ4n) is 2.08. The standard InChI is InChI=1S/C17H16ClN3O/c1-21(10-11-22-14-8-6-13(18)7-9-14)17-12-19-15-4-2-3-5-16(15)20-17/h2-9,12H,10-11H2,1H3. The van der Waals surface area contributed by atoms with Gasteiger partial charge in [0.25, 0.3) is 0 Å². The molecule has 0 radical (unpaired) electrons. The second-order valence-corrected chi connectivity index (χ2v) is 5.38. The predicted octanol–water partition coefficient (Wildman–Crippen LogP) is 3.80. The van der Waals surface area contributed by atoms with Crippen molar-refractivity contribution in [3.05, 3.63) is 59.8 Å². The highest BCUT2D eigenvalue weighted by Gasteiger charge is 2.05. The molecule has 0 fully saturated rings. The first-order chi connectivity index (χ1) is 10.7. The third-order valence-electron chi connectivity index (χ3n) is 3.34. The van der Waals surface area contributed by atoms with E-state index in [1.807, 2.05) is 60.5 Å². The minimum Gasteiger partial charge on any atom is -0.492 e. The van der Waals surface area contributed by atoms with Crippen LogP contribution < -0.4 is 9.64 Å². The number of likely N-dealkylation sites (N-methyl/N-ethyl adjacent to an activating group) is 1. The highest BCUT2D eigenvalue weighted by molar-refractivity contribution is 6.30. The Morgan fingerprint density at radius 2 is 1.77 bits per heavy atom. The van der Waals surface area contributed by atoms with Gasteiger partial charge in [0.2, 0.25) is 0 Å². The predicted molar refractivity (Wildman–Crippen MR) is 89.8 cm³/mol. The molecule has 1 aromatic heterocycles. The van der Waals surface area contributed by atoms with E-state index in [9.17, 15) is 0 Å². The van der Waals surface area contributed by atoms with E-state index in [2.05, 4.69) is 9.97 Å². The van der Waals surface area contributed by atoms with E-state index >= 15 is 0 Å². The van der Waals surface area contributed by atoms with E-state index in [-0.39, 0.29) is 0 Å². The summed E-state index contributed by atoms with van der Waals surface area (Å²) in [5.74, 6) is 1.64. The molecule has 0 aliphatic carbocycles.